The molecule has 154 valence electrons. The number of carbonyl (C=O) groups is 2. The van der Waals surface area contributed by atoms with E-state index in [1.54, 1.807) is 31.4 Å². The summed E-state index contributed by atoms with van der Waals surface area (Å²) in [5, 5.41) is 5.75. The highest BCUT2D eigenvalue weighted by atomic mass is 32.2. The van der Waals surface area contributed by atoms with Crippen LogP contribution in [0.4, 0.5) is 5.69 Å². The average Bonchev–Trinajstić information content (AvgIpc) is 2.78. The molecule has 0 bridgehead atoms. The van der Waals surface area contributed by atoms with Gasteiger partial charge < -0.3 is 15.4 Å². The molecule has 0 aromatic heterocycles. The molecule has 30 heavy (non-hydrogen) atoms. The molecule has 2 N–H and O–H groups in total. The van der Waals surface area contributed by atoms with Gasteiger partial charge in [-0.05, 0) is 48.9 Å². The molecule has 0 unspecified atom stereocenters. The number of anilines is 1. The lowest BCUT2D eigenvalue weighted by atomic mass is 10.1. The Hall–Kier alpha value is -3.25. The largest absolute Gasteiger partial charge is 0.497 e. The Kier molecular flexibility index (Phi) is 7.51. The summed E-state index contributed by atoms with van der Waals surface area (Å²) in [6.07, 6.45) is 0. The molecule has 3 rings (SSSR count). The van der Waals surface area contributed by atoms with Crippen molar-refractivity contribution in [1.82, 2.24) is 5.32 Å². The van der Waals surface area contributed by atoms with E-state index in [1.807, 2.05) is 55.5 Å². The van der Waals surface area contributed by atoms with E-state index in [1.165, 1.54) is 17.3 Å². The maximum absolute atomic E-state index is 12.6. The number of aryl methyl sites for hydroxylation is 1. The van der Waals surface area contributed by atoms with E-state index >= 15 is 0 Å². The molecule has 3 aromatic carbocycles. The second-order valence-electron chi connectivity index (χ2n) is 6.73. The molecule has 6 heteroatoms. The van der Waals surface area contributed by atoms with Crippen LogP contribution in [-0.4, -0.2) is 24.7 Å². The lowest BCUT2D eigenvalue weighted by Crippen LogP contribution is -2.25. The highest BCUT2D eigenvalue weighted by Gasteiger charge is 2.13. The molecule has 0 aliphatic rings. The number of amides is 2. The van der Waals surface area contributed by atoms with Crippen LogP contribution in [0.5, 0.6) is 5.75 Å². The zero-order valence-electron chi connectivity index (χ0n) is 17.0. The number of nitrogens with one attached hydrogen (secondary N) is 2. The smallest absolute Gasteiger partial charge is 0.253 e. The second kappa shape index (κ2) is 10.5. The standard InChI is InChI=1S/C24H24N2O3S/c1-17-7-9-18(10-8-17)15-25-24(28)21-5-3-4-6-22(21)26-23(27)16-30-20-13-11-19(29-2)12-14-20/h3-14H,15-16H2,1-2H3,(H,25,28)(H,26,27). The predicted octanol–water partition coefficient (Wildman–Crippen LogP) is 4.66. The molecule has 0 atom stereocenters. The summed E-state index contributed by atoms with van der Waals surface area (Å²) < 4.78 is 5.14. The number of methoxy groups -OCH3 is 1. The van der Waals surface area contributed by atoms with Crippen LogP contribution in [0.2, 0.25) is 0 Å². The van der Waals surface area contributed by atoms with Crippen LogP contribution in [0.15, 0.2) is 77.7 Å². The summed E-state index contributed by atoms with van der Waals surface area (Å²) in [6.45, 7) is 2.45. The average molecular weight is 421 g/mol. The van der Waals surface area contributed by atoms with E-state index in [0.717, 1.165) is 16.2 Å². The molecule has 0 saturated heterocycles. The highest BCUT2D eigenvalue weighted by molar-refractivity contribution is 8.00. The summed E-state index contributed by atoms with van der Waals surface area (Å²) in [6, 6.07) is 22.5. The number of rotatable bonds is 8. The number of para-hydroxylation sites is 1. The van der Waals surface area contributed by atoms with Gasteiger partial charge in [-0.25, -0.2) is 0 Å². The van der Waals surface area contributed by atoms with Crippen LogP contribution >= 0.6 is 11.8 Å². The van der Waals surface area contributed by atoms with Crippen LogP contribution in [0.3, 0.4) is 0 Å². The van der Waals surface area contributed by atoms with Gasteiger partial charge in [-0.3, -0.25) is 9.59 Å². The summed E-state index contributed by atoms with van der Waals surface area (Å²) in [7, 11) is 1.62. The van der Waals surface area contributed by atoms with E-state index in [4.69, 9.17) is 4.74 Å². The van der Waals surface area contributed by atoms with Gasteiger partial charge in [0, 0.05) is 11.4 Å². The van der Waals surface area contributed by atoms with Crippen LogP contribution in [0.1, 0.15) is 21.5 Å². The van der Waals surface area contributed by atoms with Crippen molar-refractivity contribution in [1.29, 1.82) is 0 Å². The predicted molar refractivity (Wildman–Crippen MR) is 121 cm³/mol. The first kappa shape index (κ1) is 21.5. The molecule has 0 aliphatic heterocycles. The normalized spacial score (nSPS) is 10.3. The lowest BCUT2D eigenvalue weighted by Gasteiger charge is -2.12. The summed E-state index contributed by atoms with van der Waals surface area (Å²) in [5.74, 6) is 0.615. The van der Waals surface area contributed by atoms with Gasteiger partial charge in [0.25, 0.3) is 5.91 Å². The molecule has 0 heterocycles. The third-order valence-corrected chi connectivity index (χ3v) is 5.46. The molecule has 0 spiro atoms. The molecule has 3 aromatic rings. The van der Waals surface area contributed by atoms with E-state index in [2.05, 4.69) is 10.6 Å². The minimum Gasteiger partial charge on any atom is -0.497 e. The summed E-state index contributed by atoms with van der Waals surface area (Å²) in [4.78, 5) is 26.0. The van der Waals surface area contributed by atoms with Crippen molar-refractivity contribution in [2.24, 2.45) is 0 Å². The van der Waals surface area contributed by atoms with Crippen molar-refractivity contribution in [3.8, 4) is 5.75 Å². The molecule has 0 fully saturated rings. The molecular formula is C24H24N2O3S. The maximum atomic E-state index is 12.6. The number of carbonyl (C=O) groups excluding carboxylic acids is 2. The van der Waals surface area contributed by atoms with Crippen molar-refractivity contribution in [3.05, 3.63) is 89.5 Å². The van der Waals surface area contributed by atoms with E-state index in [0.29, 0.717) is 17.8 Å². The molecule has 0 radical (unpaired) electrons. The van der Waals surface area contributed by atoms with Crippen molar-refractivity contribution < 1.29 is 14.3 Å². The fraction of sp³-hybridized carbons (Fsp3) is 0.167. The second-order valence-corrected chi connectivity index (χ2v) is 7.77. The number of thioether (sulfide) groups is 1. The van der Waals surface area contributed by atoms with Crippen LogP contribution in [0, 0.1) is 6.92 Å². The molecule has 2 amide bonds. The van der Waals surface area contributed by atoms with Crippen LogP contribution in [-0.2, 0) is 11.3 Å². The van der Waals surface area contributed by atoms with Gasteiger partial charge >= 0.3 is 0 Å². The van der Waals surface area contributed by atoms with Gasteiger partial charge in [0.15, 0.2) is 0 Å². The fourth-order valence-electron chi connectivity index (χ4n) is 2.78. The highest BCUT2D eigenvalue weighted by Crippen LogP contribution is 2.22. The van der Waals surface area contributed by atoms with Crippen molar-refractivity contribution in [2.75, 3.05) is 18.2 Å². The first-order valence-corrected chi connectivity index (χ1v) is 10.5. The Morgan fingerprint density at radius 3 is 2.33 bits per heavy atom. The first-order chi connectivity index (χ1) is 14.5. The number of hydrogen-bond donors (Lipinski definition) is 2. The lowest BCUT2D eigenvalue weighted by molar-refractivity contribution is -0.113. The van der Waals surface area contributed by atoms with Crippen molar-refractivity contribution >= 4 is 29.3 Å². The molecule has 0 saturated carbocycles. The van der Waals surface area contributed by atoms with E-state index in [9.17, 15) is 9.59 Å². The maximum Gasteiger partial charge on any atom is 0.253 e. The topological polar surface area (TPSA) is 67.4 Å². The zero-order valence-corrected chi connectivity index (χ0v) is 17.8. The molecular weight excluding hydrogens is 396 g/mol. The number of ether oxygens (including phenoxy) is 1. The summed E-state index contributed by atoms with van der Waals surface area (Å²) >= 11 is 1.42. The quantitative estimate of drug-likeness (QED) is 0.520. The minimum atomic E-state index is -0.228. The van der Waals surface area contributed by atoms with Gasteiger partial charge in [0.05, 0.1) is 24.1 Å². The van der Waals surface area contributed by atoms with Crippen molar-refractivity contribution in [2.45, 2.75) is 18.4 Å². The Labute approximate surface area is 180 Å². The zero-order chi connectivity index (χ0) is 21.3. The van der Waals surface area contributed by atoms with Gasteiger partial charge in [-0.1, -0.05) is 42.0 Å². The van der Waals surface area contributed by atoms with Gasteiger partial charge in [-0.15, -0.1) is 11.8 Å². The monoisotopic (exact) mass is 420 g/mol. The van der Waals surface area contributed by atoms with Gasteiger partial charge in [-0.2, -0.15) is 0 Å². The van der Waals surface area contributed by atoms with Crippen LogP contribution in [0.25, 0.3) is 0 Å². The third-order valence-electron chi connectivity index (χ3n) is 4.45. The molecule has 5 nitrogen and oxygen atoms in total. The van der Waals surface area contributed by atoms with Crippen LogP contribution < -0.4 is 15.4 Å². The Morgan fingerprint density at radius 1 is 0.933 bits per heavy atom. The first-order valence-electron chi connectivity index (χ1n) is 9.54. The third kappa shape index (κ3) is 6.12. The van der Waals surface area contributed by atoms with E-state index < -0.39 is 0 Å². The summed E-state index contributed by atoms with van der Waals surface area (Å²) in [5.41, 5.74) is 3.13. The van der Waals surface area contributed by atoms with Gasteiger partial charge in [0.2, 0.25) is 5.91 Å². The number of hydrogen-bond acceptors (Lipinski definition) is 4. The Morgan fingerprint density at radius 2 is 1.63 bits per heavy atom. The fourth-order valence-corrected chi connectivity index (χ4v) is 3.48. The Bertz CT molecular complexity index is 1000. The van der Waals surface area contributed by atoms with Gasteiger partial charge in [0.1, 0.15) is 5.75 Å². The minimum absolute atomic E-state index is 0.172. The SMILES string of the molecule is COc1ccc(SCC(=O)Nc2ccccc2C(=O)NCc2ccc(C)cc2)cc1. The van der Waals surface area contributed by atoms with E-state index in [-0.39, 0.29) is 17.6 Å². The Balaban J connectivity index is 1.57. The number of benzene rings is 3. The molecule has 0 aliphatic carbocycles. The van der Waals surface area contributed by atoms with Crippen molar-refractivity contribution in [3.63, 3.8) is 0 Å².